The van der Waals surface area contributed by atoms with Crippen molar-refractivity contribution in [3.05, 3.63) is 95.0 Å². The molecule has 1 aromatic heterocycles. The van der Waals surface area contributed by atoms with Crippen LogP contribution in [0.4, 0.5) is 10.1 Å². The van der Waals surface area contributed by atoms with Crippen molar-refractivity contribution in [2.24, 2.45) is 0 Å². The van der Waals surface area contributed by atoms with Crippen molar-refractivity contribution in [1.82, 2.24) is 0 Å². The maximum atomic E-state index is 14.0. The van der Waals surface area contributed by atoms with Crippen molar-refractivity contribution < 1.29 is 19.2 Å². The second kappa shape index (κ2) is 8.93. The molecule has 0 saturated carbocycles. The summed E-state index contributed by atoms with van der Waals surface area (Å²) in [4.78, 5) is 0.0464. The summed E-state index contributed by atoms with van der Waals surface area (Å²) in [7, 11) is 0. The minimum atomic E-state index is -0.489. The standard InChI is InChI=1S/C21H16ClFN2O2S/c22-16-9-7-15(8-10-16)20(27)19(25-11-3-4-14(12-25)13-26)21(28)24-18-6-2-1-5-17(18)23/h1-12,26H,13H2,(H-,24,27,28). The number of nitrogens with zero attached hydrogens (tertiary/aromatic N) is 1. The van der Waals surface area contributed by atoms with Crippen molar-refractivity contribution in [3.8, 4) is 0 Å². The van der Waals surface area contributed by atoms with E-state index in [4.69, 9.17) is 23.8 Å². The number of rotatable bonds is 5. The monoisotopic (exact) mass is 414 g/mol. The van der Waals surface area contributed by atoms with Gasteiger partial charge < -0.3 is 15.5 Å². The van der Waals surface area contributed by atoms with Crippen LogP contribution in [0, 0.1) is 5.82 Å². The van der Waals surface area contributed by atoms with Crippen LogP contribution in [-0.2, 0) is 6.61 Å². The molecule has 0 fully saturated rings. The normalized spacial score (nSPS) is 11.7. The number of hydrogen-bond donors (Lipinski definition) is 2. The lowest BCUT2D eigenvalue weighted by molar-refractivity contribution is -0.578. The van der Waals surface area contributed by atoms with Crippen molar-refractivity contribution >= 4 is 46.0 Å². The summed E-state index contributed by atoms with van der Waals surface area (Å²) in [6.45, 7) is -0.198. The number of pyridine rings is 1. The first-order valence-corrected chi connectivity index (χ1v) is 9.12. The third-order valence-corrected chi connectivity index (χ3v) is 4.51. The lowest BCUT2D eigenvalue weighted by atomic mass is 10.1. The molecule has 2 aromatic carbocycles. The smallest absolute Gasteiger partial charge is 0.238 e. The van der Waals surface area contributed by atoms with Crippen LogP contribution in [0.3, 0.4) is 0 Å². The molecule has 0 unspecified atom stereocenters. The lowest BCUT2D eigenvalue weighted by Crippen LogP contribution is -2.40. The van der Waals surface area contributed by atoms with Gasteiger partial charge in [-0.2, -0.15) is 4.57 Å². The van der Waals surface area contributed by atoms with Gasteiger partial charge in [0.25, 0.3) is 0 Å². The SMILES string of the molecule is [O-]C(=C(C(=S)Nc1ccccc1F)[n+]1cccc(CO)c1)c1ccc(Cl)cc1. The zero-order valence-corrected chi connectivity index (χ0v) is 16.2. The second-order valence-corrected chi connectivity index (χ2v) is 6.74. The predicted octanol–water partition coefficient (Wildman–Crippen LogP) is 3.38. The Bertz CT molecular complexity index is 1040. The van der Waals surface area contributed by atoms with E-state index in [1.807, 2.05) is 0 Å². The molecule has 0 bridgehead atoms. The number of halogens is 2. The first-order valence-electron chi connectivity index (χ1n) is 8.34. The van der Waals surface area contributed by atoms with E-state index in [9.17, 15) is 14.6 Å². The van der Waals surface area contributed by atoms with Crippen LogP contribution in [0.5, 0.6) is 0 Å². The molecule has 4 nitrogen and oxygen atoms in total. The van der Waals surface area contributed by atoms with Crippen molar-refractivity contribution in [3.63, 3.8) is 0 Å². The number of anilines is 1. The van der Waals surface area contributed by atoms with E-state index in [1.54, 1.807) is 60.9 Å². The fraction of sp³-hybridized carbons (Fsp3) is 0.0476. The van der Waals surface area contributed by atoms with Gasteiger partial charge in [-0.05, 0) is 41.7 Å². The van der Waals surface area contributed by atoms with Crippen molar-refractivity contribution in [2.45, 2.75) is 6.61 Å². The van der Waals surface area contributed by atoms with Crippen LogP contribution in [0.2, 0.25) is 5.02 Å². The van der Waals surface area contributed by atoms with Gasteiger partial charge in [-0.3, -0.25) is 0 Å². The van der Waals surface area contributed by atoms with Crippen LogP contribution in [0.25, 0.3) is 11.5 Å². The van der Waals surface area contributed by atoms with E-state index in [-0.39, 0.29) is 28.7 Å². The highest BCUT2D eigenvalue weighted by Gasteiger charge is 2.20. The van der Waals surface area contributed by atoms with Crippen LogP contribution in [-0.4, -0.2) is 10.1 Å². The van der Waals surface area contributed by atoms with Gasteiger partial charge >= 0.3 is 0 Å². The molecular formula is C21H16ClFN2O2S. The largest absolute Gasteiger partial charge is 0.867 e. The third-order valence-electron chi connectivity index (χ3n) is 3.96. The van der Waals surface area contributed by atoms with Crippen LogP contribution < -0.4 is 15.0 Å². The highest BCUT2D eigenvalue weighted by Crippen LogP contribution is 2.20. The van der Waals surface area contributed by atoms with Gasteiger partial charge in [0, 0.05) is 16.7 Å². The highest BCUT2D eigenvalue weighted by atomic mass is 35.5. The number of aliphatic hydroxyl groups is 1. The summed E-state index contributed by atoms with van der Waals surface area (Å²) in [6.07, 6.45) is 3.23. The van der Waals surface area contributed by atoms with E-state index in [0.717, 1.165) is 0 Å². The molecule has 7 heteroatoms. The maximum Gasteiger partial charge on any atom is 0.238 e. The molecule has 0 aliphatic rings. The Morgan fingerprint density at radius 1 is 1.11 bits per heavy atom. The van der Waals surface area contributed by atoms with Gasteiger partial charge in [0.1, 0.15) is 5.82 Å². The van der Waals surface area contributed by atoms with Gasteiger partial charge in [0.05, 0.1) is 12.3 Å². The van der Waals surface area contributed by atoms with E-state index >= 15 is 0 Å². The molecule has 1 heterocycles. The molecule has 28 heavy (non-hydrogen) atoms. The quantitative estimate of drug-likeness (QED) is 0.291. The third kappa shape index (κ3) is 4.54. The van der Waals surface area contributed by atoms with E-state index in [2.05, 4.69) is 5.32 Å². The average molecular weight is 415 g/mol. The lowest BCUT2D eigenvalue weighted by Gasteiger charge is -2.17. The molecule has 0 aliphatic carbocycles. The molecule has 0 radical (unpaired) electrons. The number of benzene rings is 2. The van der Waals surface area contributed by atoms with Crippen molar-refractivity contribution in [1.29, 1.82) is 0 Å². The Kier molecular flexibility index (Phi) is 6.36. The molecule has 0 spiro atoms. The molecule has 3 aromatic rings. The Labute approximate surface area is 172 Å². The Morgan fingerprint density at radius 3 is 2.50 bits per heavy atom. The molecule has 0 saturated heterocycles. The summed E-state index contributed by atoms with van der Waals surface area (Å²) in [5, 5.41) is 25.9. The molecule has 142 valence electrons. The topological polar surface area (TPSA) is 59.2 Å². The summed E-state index contributed by atoms with van der Waals surface area (Å²) in [6, 6.07) is 15.8. The van der Waals surface area contributed by atoms with E-state index in [1.165, 1.54) is 16.7 Å². The summed E-state index contributed by atoms with van der Waals surface area (Å²) in [5.74, 6) is -0.858. The Hall–Kier alpha value is -2.80. The van der Waals surface area contributed by atoms with Crippen LogP contribution in [0.15, 0.2) is 73.1 Å². The van der Waals surface area contributed by atoms with Crippen molar-refractivity contribution in [2.75, 3.05) is 5.32 Å². The first kappa shape index (κ1) is 19.9. The zero-order valence-electron chi connectivity index (χ0n) is 14.6. The minimum absolute atomic E-state index is 0.0464. The Balaban J connectivity index is 2.10. The van der Waals surface area contributed by atoms with Crippen LogP contribution in [0.1, 0.15) is 11.1 Å². The minimum Gasteiger partial charge on any atom is -0.867 e. The zero-order chi connectivity index (χ0) is 20.1. The molecule has 0 amide bonds. The second-order valence-electron chi connectivity index (χ2n) is 5.90. The number of thiocarbonyl (C=S) groups is 1. The number of aromatic nitrogens is 1. The average Bonchev–Trinajstić information content (AvgIpc) is 2.70. The first-order chi connectivity index (χ1) is 13.5. The highest BCUT2D eigenvalue weighted by molar-refractivity contribution is 7.81. The molecule has 2 N–H and O–H groups in total. The predicted molar refractivity (Wildman–Crippen MR) is 110 cm³/mol. The molecular weight excluding hydrogens is 399 g/mol. The number of nitrogens with one attached hydrogen (secondary N) is 1. The summed E-state index contributed by atoms with van der Waals surface area (Å²) >= 11 is 11.3. The number of para-hydroxylation sites is 1. The fourth-order valence-corrected chi connectivity index (χ4v) is 3.01. The molecule has 0 atom stereocenters. The number of hydrogen-bond acceptors (Lipinski definition) is 3. The van der Waals surface area contributed by atoms with E-state index < -0.39 is 5.82 Å². The maximum absolute atomic E-state index is 14.0. The van der Waals surface area contributed by atoms with Gasteiger partial charge in [-0.1, -0.05) is 48.1 Å². The van der Waals surface area contributed by atoms with Gasteiger partial charge in [-0.25, -0.2) is 4.39 Å². The number of aliphatic hydroxyl groups excluding tert-OH is 1. The van der Waals surface area contributed by atoms with E-state index in [0.29, 0.717) is 16.1 Å². The summed E-state index contributed by atoms with van der Waals surface area (Å²) < 4.78 is 15.5. The van der Waals surface area contributed by atoms with Gasteiger partial charge in [-0.15, -0.1) is 0 Å². The van der Waals surface area contributed by atoms with Gasteiger partial charge in [0.2, 0.25) is 5.70 Å². The fourth-order valence-electron chi connectivity index (χ4n) is 2.58. The Morgan fingerprint density at radius 2 is 1.82 bits per heavy atom. The van der Waals surface area contributed by atoms with Gasteiger partial charge in [0.15, 0.2) is 17.4 Å². The van der Waals surface area contributed by atoms with Crippen LogP contribution >= 0.6 is 23.8 Å². The molecule has 3 rings (SSSR count). The molecule has 0 aliphatic heterocycles. The summed E-state index contributed by atoms with van der Waals surface area (Å²) in [5.41, 5.74) is 1.25.